The topological polar surface area (TPSA) is 39.9 Å². The zero-order valence-electron chi connectivity index (χ0n) is 17.1. The Kier molecular flexibility index (Phi) is 3.70. The highest BCUT2D eigenvalue weighted by molar-refractivity contribution is 5.40. The third-order valence-corrected chi connectivity index (χ3v) is 8.73. The lowest BCUT2D eigenvalue weighted by Crippen LogP contribution is -2.42. The molecule has 5 atom stereocenters. The molecule has 0 spiro atoms. The van der Waals surface area contributed by atoms with Gasteiger partial charge in [-0.05, 0) is 97.8 Å². The van der Waals surface area contributed by atoms with Crippen LogP contribution in [0.15, 0.2) is 24.4 Å². The molecule has 4 aliphatic rings. The van der Waals surface area contributed by atoms with Gasteiger partial charge in [0.15, 0.2) is 0 Å². The van der Waals surface area contributed by atoms with Crippen LogP contribution in [0.5, 0.6) is 5.75 Å². The van der Waals surface area contributed by atoms with Gasteiger partial charge in [-0.25, -0.2) is 4.68 Å². The normalized spacial score (nSPS) is 36.5. The Labute approximate surface area is 167 Å². The first kappa shape index (κ1) is 17.1. The lowest BCUT2D eigenvalue weighted by molar-refractivity contribution is 0.0284. The summed E-state index contributed by atoms with van der Waals surface area (Å²) in [7, 11) is 1.77. The molecule has 4 heteroatoms. The number of hydrogen-bond donors (Lipinski definition) is 0. The first-order valence-electron chi connectivity index (χ1n) is 11.3. The van der Waals surface area contributed by atoms with Crippen LogP contribution in [0.25, 0.3) is 0 Å². The zero-order valence-corrected chi connectivity index (χ0v) is 17.1. The fourth-order valence-corrected chi connectivity index (χ4v) is 7.10. The summed E-state index contributed by atoms with van der Waals surface area (Å²) in [4.78, 5) is 0. The molecule has 0 bridgehead atoms. The van der Waals surface area contributed by atoms with Crippen LogP contribution in [-0.2, 0) is 6.42 Å². The molecule has 0 saturated heterocycles. The van der Waals surface area contributed by atoms with Crippen LogP contribution in [0, 0.1) is 17.3 Å². The number of methoxy groups -OCH3 is 1. The lowest BCUT2D eigenvalue weighted by Gasteiger charge is -2.50. The van der Waals surface area contributed by atoms with Gasteiger partial charge in [0.2, 0.25) is 0 Å². The molecule has 3 saturated carbocycles. The molecule has 0 N–H and O–H groups in total. The lowest BCUT2D eigenvalue weighted by atomic mass is 9.55. The zero-order chi connectivity index (χ0) is 18.9. The number of nitrogens with zero attached hydrogens (tertiary/aromatic N) is 3. The maximum Gasteiger partial charge on any atom is 0.119 e. The number of ether oxygens (including phenoxy) is 1. The van der Waals surface area contributed by atoms with Gasteiger partial charge in [0, 0.05) is 12.1 Å². The number of rotatable bonds is 3. The number of aromatic nitrogens is 3. The van der Waals surface area contributed by atoms with Crippen LogP contribution in [0.3, 0.4) is 0 Å². The predicted molar refractivity (Wildman–Crippen MR) is 109 cm³/mol. The number of aryl methyl sites for hydroxylation is 1. The summed E-state index contributed by atoms with van der Waals surface area (Å²) < 4.78 is 7.73. The molecule has 0 radical (unpaired) electrons. The molecular weight excluding hydrogens is 346 g/mol. The molecule has 0 aliphatic heterocycles. The van der Waals surface area contributed by atoms with Crippen LogP contribution in [0.4, 0.5) is 0 Å². The van der Waals surface area contributed by atoms with Crippen molar-refractivity contribution in [2.75, 3.05) is 7.11 Å². The highest BCUT2D eigenvalue weighted by Gasteiger charge is 2.55. The molecule has 1 aromatic carbocycles. The van der Waals surface area contributed by atoms with E-state index in [0.29, 0.717) is 17.4 Å². The van der Waals surface area contributed by atoms with Crippen molar-refractivity contribution in [3.05, 3.63) is 41.2 Å². The number of fused-ring (bicyclic) bond motifs is 5. The summed E-state index contributed by atoms with van der Waals surface area (Å²) in [5.41, 5.74) is 4.75. The van der Waals surface area contributed by atoms with Crippen LogP contribution in [0.2, 0.25) is 0 Å². The molecule has 28 heavy (non-hydrogen) atoms. The Morgan fingerprint density at radius 2 is 2.00 bits per heavy atom. The van der Waals surface area contributed by atoms with E-state index in [1.54, 1.807) is 12.7 Å². The fourth-order valence-electron chi connectivity index (χ4n) is 7.10. The first-order valence-corrected chi connectivity index (χ1v) is 11.3. The third kappa shape index (κ3) is 2.42. The van der Waals surface area contributed by atoms with E-state index in [-0.39, 0.29) is 0 Å². The second kappa shape index (κ2) is 6.08. The summed E-state index contributed by atoms with van der Waals surface area (Å²) >= 11 is 0. The second-order valence-corrected chi connectivity index (χ2v) is 10.0. The van der Waals surface area contributed by atoms with E-state index in [2.05, 4.69) is 46.3 Å². The average molecular weight is 378 g/mol. The molecule has 6 rings (SSSR count). The molecule has 1 heterocycles. The Morgan fingerprint density at radius 3 is 2.82 bits per heavy atom. The van der Waals surface area contributed by atoms with Crippen molar-refractivity contribution in [3.63, 3.8) is 0 Å². The summed E-state index contributed by atoms with van der Waals surface area (Å²) in [6, 6.07) is 7.35. The minimum Gasteiger partial charge on any atom is -0.497 e. The van der Waals surface area contributed by atoms with Crippen LogP contribution >= 0.6 is 0 Å². The van der Waals surface area contributed by atoms with E-state index < -0.39 is 0 Å². The molecule has 0 unspecified atom stereocenters. The monoisotopic (exact) mass is 377 g/mol. The quantitative estimate of drug-likeness (QED) is 0.732. The van der Waals surface area contributed by atoms with Crippen LogP contribution in [0.1, 0.15) is 86.6 Å². The minimum atomic E-state index is 0.375. The molecule has 0 amide bonds. The Hall–Kier alpha value is -1.84. The Bertz CT molecular complexity index is 901. The second-order valence-electron chi connectivity index (χ2n) is 10.0. The molecule has 148 valence electrons. The van der Waals surface area contributed by atoms with Gasteiger partial charge in [-0.15, -0.1) is 5.10 Å². The van der Waals surface area contributed by atoms with Gasteiger partial charge in [-0.1, -0.05) is 18.2 Å². The molecule has 4 aliphatic carbocycles. The fraction of sp³-hybridized carbons (Fsp3) is 0.667. The van der Waals surface area contributed by atoms with Crippen molar-refractivity contribution in [1.82, 2.24) is 15.0 Å². The van der Waals surface area contributed by atoms with Gasteiger partial charge in [0.1, 0.15) is 5.75 Å². The van der Waals surface area contributed by atoms with Gasteiger partial charge in [0.25, 0.3) is 0 Å². The van der Waals surface area contributed by atoms with E-state index in [1.165, 1.54) is 62.6 Å². The van der Waals surface area contributed by atoms with Crippen molar-refractivity contribution in [2.45, 2.75) is 76.2 Å². The summed E-state index contributed by atoms with van der Waals surface area (Å²) in [5.74, 6) is 4.10. The predicted octanol–water partition coefficient (Wildman–Crippen LogP) is 5.26. The van der Waals surface area contributed by atoms with Crippen LogP contribution < -0.4 is 4.74 Å². The SMILES string of the molecule is COc1ccc2c(c1)CC[C@@H]1[C@@H]2CC[C@@]2(C)[C@H]1CC[C@H]2n1cc(C2CC2)nn1. The van der Waals surface area contributed by atoms with E-state index in [0.717, 1.165) is 23.5 Å². The van der Waals surface area contributed by atoms with Crippen molar-refractivity contribution in [3.8, 4) is 5.75 Å². The van der Waals surface area contributed by atoms with Gasteiger partial charge in [0.05, 0.1) is 18.8 Å². The summed E-state index contributed by atoms with van der Waals surface area (Å²) in [6.45, 7) is 2.56. The molecule has 1 aromatic heterocycles. The van der Waals surface area contributed by atoms with Gasteiger partial charge < -0.3 is 4.74 Å². The molecule has 2 aromatic rings. The average Bonchev–Trinajstić information content (AvgIpc) is 3.35. The Morgan fingerprint density at radius 1 is 1.11 bits per heavy atom. The van der Waals surface area contributed by atoms with Crippen molar-refractivity contribution in [1.29, 1.82) is 0 Å². The van der Waals surface area contributed by atoms with E-state index in [9.17, 15) is 0 Å². The van der Waals surface area contributed by atoms with Gasteiger partial charge >= 0.3 is 0 Å². The highest BCUT2D eigenvalue weighted by atomic mass is 16.5. The van der Waals surface area contributed by atoms with E-state index in [4.69, 9.17) is 4.74 Å². The summed E-state index contributed by atoms with van der Waals surface area (Å²) in [5, 5.41) is 9.13. The minimum absolute atomic E-state index is 0.375. The number of benzene rings is 1. The molecular formula is C24H31N3O. The van der Waals surface area contributed by atoms with Crippen molar-refractivity contribution >= 4 is 0 Å². The molecule has 3 fully saturated rings. The van der Waals surface area contributed by atoms with E-state index in [1.807, 2.05) is 0 Å². The smallest absolute Gasteiger partial charge is 0.119 e. The standard InChI is InChI=1S/C24H31N3O/c1-24-12-11-19-18-8-6-17(28-2)13-16(18)5-7-20(19)21(24)9-10-23(24)27-14-22(25-26-27)15-3-4-15/h6,8,13-15,19-21,23H,3-5,7,9-12H2,1-2H3/t19-,20-,21+,23-,24+/m1/s1. The number of hydrogen-bond acceptors (Lipinski definition) is 3. The van der Waals surface area contributed by atoms with Gasteiger partial charge in [-0.3, -0.25) is 0 Å². The van der Waals surface area contributed by atoms with Crippen molar-refractivity contribution < 1.29 is 4.74 Å². The maximum absolute atomic E-state index is 5.47. The van der Waals surface area contributed by atoms with E-state index >= 15 is 0 Å². The maximum atomic E-state index is 5.47. The molecule has 4 nitrogen and oxygen atoms in total. The largest absolute Gasteiger partial charge is 0.497 e. The van der Waals surface area contributed by atoms with Crippen molar-refractivity contribution in [2.24, 2.45) is 17.3 Å². The van der Waals surface area contributed by atoms with Gasteiger partial charge in [-0.2, -0.15) is 0 Å². The van der Waals surface area contributed by atoms with Crippen LogP contribution in [-0.4, -0.2) is 22.1 Å². The third-order valence-electron chi connectivity index (χ3n) is 8.73. The first-order chi connectivity index (χ1) is 13.7. The summed E-state index contributed by atoms with van der Waals surface area (Å²) in [6.07, 6.45) is 12.7. The highest BCUT2D eigenvalue weighted by Crippen LogP contribution is 2.64. The Balaban J connectivity index is 1.29.